The van der Waals surface area contributed by atoms with E-state index < -0.39 is 0 Å². The maximum absolute atomic E-state index is 9.99. The van der Waals surface area contributed by atoms with Crippen molar-refractivity contribution in [1.29, 1.82) is 0 Å². The number of hydrogen-bond donors (Lipinski definition) is 2. The van der Waals surface area contributed by atoms with Gasteiger partial charge in [0, 0.05) is 9.79 Å². The predicted octanol–water partition coefficient (Wildman–Crippen LogP) is 6.39. The van der Waals surface area contributed by atoms with Crippen LogP contribution in [0.1, 0.15) is 52.4 Å². The lowest BCUT2D eigenvalue weighted by molar-refractivity contribution is 0.289. The number of hydrogen-bond acceptors (Lipinski definition) is 5. The van der Waals surface area contributed by atoms with Gasteiger partial charge in [0.1, 0.15) is 0 Å². The van der Waals surface area contributed by atoms with Crippen LogP contribution in [0.25, 0.3) is 0 Å². The third-order valence-electron chi connectivity index (χ3n) is 4.11. The highest BCUT2D eigenvalue weighted by atomic mass is 32.2. The van der Waals surface area contributed by atoms with Crippen LogP contribution in [0.2, 0.25) is 0 Å². The van der Waals surface area contributed by atoms with Gasteiger partial charge in [0.25, 0.3) is 0 Å². The first kappa shape index (κ1) is 21.3. The maximum Gasteiger partial charge on any atom is 0.162 e. The van der Waals surface area contributed by atoms with E-state index in [1.165, 1.54) is 11.8 Å². The fourth-order valence-electron chi connectivity index (χ4n) is 2.55. The van der Waals surface area contributed by atoms with Crippen molar-refractivity contribution in [2.45, 2.75) is 62.2 Å². The van der Waals surface area contributed by atoms with Crippen LogP contribution >= 0.6 is 11.8 Å². The van der Waals surface area contributed by atoms with E-state index >= 15 is 0 Å². The standard InChI is InChI=1S/C22H30O4S/c1-3-5-7-13-25-21-15-17(9-11-19(21)23)27-18-10-12-20(24)22(16-18)26-14-8-6-4-2/h9-12,15-16,23-24H,3-8,13-14H2,1-2H3. The Balaban J connectivity index is 2.01. The van der Waals surface area contributed by atoms with Gasteiger partial charge >= 0.3 is 0 Å². The normalized spacial score (nSPS) is 10.7. The maximum atomic E-state index is 9.99. The van der Waals surface area contributed by atoms with Crippen LogP contribution in [0.4, 0.5) is 0 Å². The average molecular weight is 391 g/mol. The molecule has 27 heavy (non-hydrogen) atoms. The zero-order valence-electron chi connectivity index (χ0n) is 16.2. The molecule has 4 nitrogen and oxygen atoms in total. The van der Waals surface area contributed by atoms with E-state index in [4.69, 9.17) is 9.47 Å². The fourth-order valence-corrected chi connectivity index (χ4v) is 3.43. The van der Waals surface area contributed by atoms with E-state index in [1.807, 2.05) is 24.3 Å². The van der Waals surface area contributed by atoms with Crippen LogP contribution in [-0.2, 0) is 0 Å². The number of phenols is 2. The van der Waals surface area contributed by atoms with Gasteiger partial charge < -0.3 is 19.7 Å². The molecule has 0 aliphatic rings. The van der Waals surface area contributed by atoms with Crippen LogP contribution in [-0.4, -0.2) is 23.4 Å². The van der Waals surface area contributed by atoms with Crippen LogP contribution in [0.5, 0.6) is 23.0 Å². The van der Waals surface area contributed by atoms with E-state index in [-0.39, 0.29) is 11.5 Å². The Morgan fingerprint density at radius 3 is 1.56 bits per heavy atom. The van der Waals surface area contributed by atoms with Gasteiger partial charge in [0.2, 0.25) is 0 Å². The number of rotatable bonds is 12. The smallest absolute Gasteiger partial charge is 0.162 e. The van der Waals surface area contributed by atoms with Gasteiger partial charge in [-0.25, -0.2) is 0 Å². The molecule has 2 N–H and O–H groups in total. The SMILES string of the molecule is CCCCCOc1cc(Sc2ccc(O)c(OCCCCC)c2)ccc1O. The average Bonchev–Trinajstić information content (AvgIpc) is 2.67. The van der Waals surface area contributed by atoms with Crippen molar-refractivity contribution in [3.63, 3.8) is 0 Å². The zero-order chi connectivity index (χ0) is 19.5. The summed E-state index contributed by atoms with van der Waals surface area (Å²) in [5, 5.41) is 20.0. The quantitative estimate of drug-likeness (QED) is 0.411. The second-order valence-electron chi connectivity index (χ2n) is 6.47. The second kappa shape index (κ2) is 11.7. The monoisotopic (exact) mass is 390 g/mol. The molecule has 0 saturated heterocycles. The molecule has 0 heterocycles. The van der Waals surface area contributed by atoms with Crippen LogP contribution in [0.15, 0.2) is 46.2 Å². The highest BCUT2D eigenvalue weighted by Crippen LogP contribution is 2.38. The molecular weight excluding hydrogens is 360 g/mol. The number of unbranched alkanes of at least 4 members (excludes halogenated alkanes) is 4. The molecule has 5 heteroatoms. The molecule has 0 amide bonds. The van der Waals surface area contributed by atoms with Gasteiger partial charge in [0.05, 0.1) is 13.2 Å². The Bertz CT molecular complexity index is 643. The van der Waals surface area contributed by atoms with Crippen LogP contribution in [0.3, 0.4) is 0 Å². The lowest BCUT2D eigenvalue weighted by Gasteiger charge is -2.11. The molecule has 2 aromatic carbocycles. The van der Waals surface area contributed by atoms with Crippen molar-refractivity contribution < 1.29 is 19.7 Å². The predicted molar refractivity (Wildman–Crippen MR) is 110 cm³/mol. The minimum atomic E-state index is 0.154. The van der Waals surface area contributed by atoms with Gasteiger partial charge in [-0.05, 0) is 49.2 Å². The lowest BCUT2D eigenvalue weighted by atomic mass is 10.2. The minimum absolute atomic E-state index is 0.154. The van der Waals surface area contributed by atoms with E-state index in [2.05, 4.69) is 13.8 Å². The van der Waals surface area contributed by atoms with Gasteiger partial charge in [0.15, 0.2) is 23.0 Å². The summed E-state index contributed by atoms with van der Waals surface area (Å²) in [6.45, 7) is 5.50. The number of benzene rings is 2. The van der Waals surface area contributed by atoms with Crippen molar-refractivity contribution in [1.82, 2.24) is 0 Å². The molecule has 0 atom stereocenters. The lowest BCUT2D eigenvalue weighted by Crippen LogP contribution is -1.97. The van der Waals surface area contributed by atoms with Gasteiger partial charge in [-0.3, -0.25) is 0 Å². The van der Waals surface area contributed by atoms with E-state index in [0.29, 0.717) is 24.7 Å². The molecule has 0 bridgehead atoms. The Labute approximate surface area is 166 Å². The fraction of sp³-hybridized carbons (Fsp3) is 0.455. The largest absolute Gasteiger partial charge is 0.504 e. The molecule has 0 saturated carbocycles. The van der Waals surface area contributed by atoms with Gasteiger partial charge in [-0.2, -0.15) is 0 Å². The molecule has 0 unspecified atom stereocenters. The molecule has 0 aliphatic carbocycles. The van der Waals surface area contributed by atoms with E-state index in [0.717, 1.165) is 48.3 Å². The zero-order valence-corrected chi connectivity index (χ0v) is 17.1. The molecule has 0 aromatic heterocycles. The summed E-state index contributed by atoms with van der Waals surface area (Å²) in [6.07, 6.45) is 6.45. The Kier molecular flexibility index (Phi) is 9.19. The highest BCUT2D eigenvalue weighted by molar-refractivity contribution is 7.99. The van der Waals surface area contributed by atoms with Crippen LogP contribution < -0.4 is 9.47 Å². The van der Waals surface area contributed by atoms with Crippen molar-refractivity contribution >= 4 is 11.8 Å². The van der Waals surface area contributed by atoms with Crippen LogP contribution in [0, 0.1) is 0 Å². The van der Waals surface area contributed by atoms with Gasteiger partial charge in [-0.1, -0.05) is 51.3 Å². The third kappa shape index (κ3) is 7.25. The van der Waals surface area contributed by atoms with Crippen molar-refractivity contribution in [2.75, 3.05) is 13.2 Å². The van der Waals surface area contributed by atoms with E-state index in [1.54, 1.807) is 12.1 Å². The highest BCUT2D eigenvalue weighted by Gasteiger charge is 2.09. The first-order chi connectivity index (χ1) is 13.1. The Hall–Kier alpha value is -2.01. The van der Waals surface area contributed by atoms with Crippen molar-refractivity contribution in [3.05, 3.63) is 36.4 Å². The summed E-state index contributed by atoms with van der Waals surface area (Å²) in [7, 11) is 0. The number of aromatic hydroxyl groups is 2. The molecule has 2 aromatic rings. The summed E-state index contributed by atoms with van der Waals surface area (Å²) in [5.41, 5.74) is 0. The molecule has 0 aliphatic heterocycles. The first-order valence-electron chi connectivity index (χ1n) is 9.73. The number of ether oxygens (including phenoxy) is 2. The summed E-state index contributed by atoms with van der Waals surface area (Å²) >= 11 is 1.54. The summed E-state index contributed by atoms with van der Waals surface area (Å²) in [6, 6.07) is 10.7. The summed E-state index contributed by atoms with van der Waals surface area (Å²) < 4.78 is 11.4. The third-order valence-corrected chi connectivity index (χ3v) is 5.09. The van der Waals surface area contributed by atoms with Crippen molar-refractivity contribution in [2.24, 2.45) is 0 Å². The second-order valence-corrected chi connectivity index (χ2v) is 7.62. The van der Waals surface area contributed by atoms with Gasteiger partial charge in [-0.15, -0.1) is 0 Å². The number of phenolic OH excluding ortho intramolecular Hbond substituents is 2. The summed E-state index contributed by atoms with van der Waals surface area (Å²) in [4.78, 5) is 1.92. The summed E-state index contributed by atoms with van der Waals surface area (Å²) in [5.74, 6) is 1.32. The molecule has 2 rings (SSSR count). The van der Waals surface area contributed by atoms with E-state index in [9.17, 15) is 10.2 Å². The molecule has 148 valence electrons. The van der Waals surface area contributed by atoms with Crippen molar-refractivity contribution in [3.8, 4) is 23.0 Å². The molecule has 0 spiro atoms. The molecule has 0 fully saturated rings. The molecule has 0 radical (unpaired) electrons. The molecular formula is C22H30O4S. The topological polar surface area (TPSA) is 58.9 Å². The minimum Gasteiger partial charge on any atom is -0.504 e. The first-order valence-corrected chi connectivity index (χ1v) is 10.5. The Morgan fingerprint density at radius 1 is 0.704 bits per heavy atom. The Morgan fingerprint density at radius 2 is 1.15 bits per heavy atom.